The Morgan fingerprint density at radius 2 is 1.76 bits per heavy atom. The van der Waals surface area contributed by atoms with Crippen molar-refractivity contribution in [2.45, 2.75) is 25.6 Å². The van der Waals surface area contributed by atoms with E-state index in [9.17, 15) is 31.9 Å². The van der Waals surface area contributed by atoms with Crippen LogP contribution in [-0.4, -0.2) is 16.0 Å². The number of alkyl halides is 3. The first-order valence-electron chi connectivity index (χ1n) is 9.34. The van der Waals surface area contributed by atoms with E-state index in [0.717, 1.165) is 44.3 Å². The Bertz CT molecular complexity index is 1240. The van der Waals surface area contributed by atoms with Crippen LogP contribution in [-0.2, 0) is 11.8 Å². The van der Waals surface area contributed by atoms with Crippen LogP contribution in [0, 0.1) is 11.6 Å². The second-order valence-corrected chi connectivity index (χ2v) is 8.08. The third-order valence-electron chi connectivity index (χ3n) is 4.64. The van der Waals surface area contributed by atoms with Crippen molar-refractivity contribution in [3.05, 3.63) is 76.1 Å². The highest BCUT2D eigenvalue weighted by atomic mass is 35.5. The lowest BCUT2D eigenvalue weighted by Crippen LogP contribution is -2.24. The Morgan fingerprint density at radius 3 is 2.33 bits per heavy atom. The van der Waals surface area contributed by atoms with Gasteiger partial charge in [-0.05, 0) is 50.2 Å². The molecule has 5 nitrogen and oxygen atoms in total. The summed E-state index contributed by atoms with van der Waals surface area (Å²) in [5.41, 5.74) is 1.25. The summed E-state index contributed by atoms with van der Waals surface area (Å²) in [6.07, 6.45) is -3.93. The van der Waals surface area contributed by atoms with Crippen LogP contribution in [0.15, 0.2) is 42.6 Å². The van der Waals surface area contributed by atoms with Crippen LogP contribution in [0.3, 0.4) is 0 Å². The number of aliphatic hydroxyl groups is 1. The number of carbonyl (C=O) groups excluding carboxylic acids is 1. The number of nitrogens with zero attached hydrogens (tertiary/aromatic N) is 1. The number of nitrogen functional groups attached to an aromatic ring is 1. The summed E-state index contributed by atoms with van der Waals surface area (Å²) >= 11 is 6.11. The number of amides is 1. The Labute approximate surface area is 190 Å². The average molecular weight is 486 g/mol. The van der Waals surface area contributed by atoms with Crippen molar-refractivity contribution in [1.29, 1.82) is 0 Å². The number of anilines is 2. The fourth-order valence-electron chi connectivity index (χ4n) is 3.14. The molecule has 0 fully saturated rings. The number of carbonyl (C=O) groups is 1. The minimum atomic E-state index is -4.86. The second-order valence-electron chi connectivity index (χ2n) is 7.67. The van der Waals surface area contributed by atoms with Crippen molar-refractivity contribution in [3.63, 3.8) is 0 Å². The lowest BCUT2D eigenvalue weighted by atomic mass is 9.98. The van der Waals surface area contributed by atoms with Crippen molar-refractivity contribution in [3.8, 4) is 11.1 Å². The van der Waals surface area contributed by atoms with E-state index >= 15 is 0 Å². The Balaban J connectivity index is 1.96. The number of nitrogens with one attached hydrogen (secondary N) is 1. The second kappa shape index (κ2) is 8.60. The molecule has 0 aliphatic carbocycles. The molecule has 0 unspecified atom stereocenters. The van der Waals surface area contributed by atoms with Gasteiger partial charge in [0, 0.05) is 16.8 Å². The highest BCUT2D eigenvalue weighted by Crippen LogP contribution is 2.37. The summed E-state index contributed by atoms with van der Waals surface area (Å²) in [6, 6.07) is 5.81. The van der Waals surface area contributed by atoms with Gasteiger partial charge in [-0.15, -0.1) is 0 Å². The third-order valence-corrected chi connectivity index (χ3v) is 4.95. The third kappa shape index (κ3) is 5.23. The molecule has 174 valence electrons. The number of aromatic nitrogens is 1. The lowest BCUT2D eigenvalue weighted by Gasteiger charge is -2.22. The van der Waals surface area contributed by atoms with Crippen molar-refractivity contribution < 1.29 is 31.9 Å². The molecule has 0 bridgehead atoms. The van der Waals surface area contributed by atoms with Crippen molar-refractivity contribution in [1.82, 2.24) is 4.98 Å². The fourth-order valence-corrected chi connectivity index (χ4v) is 3.39. The first-order valence-corrected chi connectivity index (χ1v) is 9.72. The summed E-state index contributed by atoms with van der Waals surface area (Å²) in [5.74, 6) is -2.53. The molecule has 1 aromatic heterocycles. The molecule has 11 heteroatoms. The van der Waals surface area contributed by atoms with Gasteiger partial charge in [0.1, 0.15) is 17.2 Å². The maximum Gasteiger partial charge on any atom is 0.418 e. The molecule has 0 atom stereocenters. The Morgan fingerprint density at radius 1 is 1.09 bits per heavy atom. The largest absolute Gasteiger partial charge is 0.418 e. The van der Waals surface area contributed by atoms with Gasteiger partial charge in [0.15, 0.2) is 0 Å². The van der Waals surface area contributed by atoms with Gasteiger partial charge in [0.25, 0.3) is 5.91 Å². The molecule has 2 aromatic carbocycles. The van der Waals surface area contributed by atoms with Crippen LogP contribution in [0.1, 0.15) is 35.5 Å². The number of hydrogen-bond donors (Lipinski definition) is 3. The molecule has 1 amide bonds. The molecule has 0 saturated heterocycles. The molecule has 0 spiro atoms. The zero-order chi connectivity index (χ0) is 24.7. The summed E-state index contributed by atoms with van der Waals surface area (Å²) < 4.78 is 68.3. The molecule has 3 rings (SSSR count). The lowest BCUT2D eigenvalue weighted by molar-refractivity contribution is -0.140. The zero-order valence-corrected chi connectivity index (χ0v) is 17.9. The predicted octanol–water partition coefficient (Wildman–Crippen LogP) is 5.76. The molecule has 0 aliphatic rings. The van der Waals surface area contributed by atoms with Crippen molar-refractivity contribution in [2.24, 2.45) is 0 Å². The number of nitrogens with two attached hydrogens (primary N) is 1. The first kappa shape index (κ1) is 24.4. The highest BCUT2D eigenvalue weighted by Gasteiger charge is 2.38. The summed E-state index contributed by atoms with van der Waals surface area (Å²) in [4.78, 5) is 16.2. The average Bonchev–Trinajstić information content (AvgIpc) is 2.68. The van der Waals surface area contributed by atoms with Gasteiger partial charge in [-0.2, -0.15) is 13.2 Å². The number of halogens is 6. The summed E-state index contributed by atoms with van der Waals surface area (Å²) in [6.45, 7) is 2.28. The van der Waals surface area contributed by atoms with Gasteiger partial charge < -0.3 is 16.2 Å². The van der Waals surface area contributed by atoms with Gasteiger partial charge in [0.05, 0.1) is 33.7 Å². The highest BCUT2D eigenvalue weighted by molar-refractivity contribution is 6.34. The Hall–Kier alpha value is -3.24. The minimum Gasteiger partial charge on any atom is -0.398 e. The molecule has 0 saturated carbocycles. The summed E-state index contributed by atoms with van der Waals surface area (Å²) in [7, 11) is 0. The molecule has 0 aliphatic heterocycles. The zero-order valence-electron chi connectivity index (χ0n) is 17.2. The van der Waals surface area contributed by atoms with E-state index in [1.807, 2.05) is 0 Å². The molecule has 1 heterocycles. The van der Waals surface area contributed by atoms with E-state index in [0.29, 0.717) is 6.07 Å². The van der Waals surface area contributed by atoms with Gasteiger partial charge in [-0.3, -0.25) is 9.78 Å². The van der Waals surface area contributed by atoms with Crippen LogP contribution >= 0.6 is 11.6 Å². The maximum absolute atomic E-state index is 14.7. The van der Waals surface area contributed by atoms with E-state index < -0.39 is 40.6 Å². The van der Waals surface area contributed by atoms with Crippen molar-refractivity contribution in [2.75, 3.05) is 11.1 Å². The van der Waals surface area contributed by atoms with E-state index in [1.165, 1.54) is 6.07 Å². The number of benzene rings is 2. The smallest absolute Gasteiger partial charge is 0.398 e. The Kier molecular flexibility index (Phi) is 6.36. The predicted molar refractivity (Wildman–Crippen MR) is 114 cm³/mol. The molecule has 0 radical (unpaired) electrons. The van der Waals surface area contributed by atoms with Crippen molar-refractivity contribution >= 4 is 28.9 Å². The van der Waals surface area contributed by atoms with E-state index in [-0.39, 0.29) is 33.1 Å². The number of hydrogen-bond acceptors (Lipinski definition) is 4. The number of pyridine rings is 1. The molecular formula is C22H17ClF5N3O2. The minimum absolute atomic E-state index is 0.0557. The monoisotopic (exact) mass is 485 g/mol. The van der Waals surface area contributed by atoms with E-state index in [1.54, 1.807) is 0 Å². The van der Waals surface area contributed by atoms with E-state index in [4.69, 9.17) is 17.3 Å². The van der Waals surface area contributed by atoms with Crippen LogP contribution in [0.4, 0.5) is 33.3 Å². The molecular weight excluding hydrogens is 469 g/mol. The fraction of sp³-hybridized carbons (Fsp3) is 0.182. The molecule has 3 aromatic rings. The molecule has 33 heavy (non-hydrogen) atoms. The van der Waals surface area contributed by atoms with Gasteiger partial charge in [0.2, 0.25) is 0 Å². The summed E-state index contributed by atoms with van der Waals surface area (Å²) in [5, 5.41) is 11.9. The topological polar surface area (TPSA) is 88.2 Å². The SMILES string of the molecule is CC(C)(O)c1ncc(NC(=O)c2cc(F)c(-c3ccc(F)cc3N)cc2Cl)cc1C(F)(F)F. The maximum atomic E-state index is 14.7. The number of rotatable bonds is 4. The molecule has 4 N–H and O–H groups in total. The van der Waals surface area contributed by atoms with Crippen LogP contribution < -0.4 is 11.1 Å². The van der Waals surface area contributed by atoms with Crippen LogP contribution in [0.5, 0.6) is 0 Å². The standard InChI is InChI=1S/C22H17ClF5N3O2/c1-21(2,33)19-15(22(26,27)28)6-11(9-30-19)31-20(32)14-8-17(25)13(7-16(14)23)12-4-3-10(24)5-18(12)29/h3-9,33H,29H2,1-2H3,(H,31,32). The first-order chi connectivity index (χ1) is 15.2. The van der Waals surface area contributed by atoms with E-state index in [2.05, 4.69) is 10.3 Å². The van der Waals surface area contributed by atoms with Crippen LogP contribution in [0.25, 0.3) is 11.1 Å². The van der Waals surface area contributed by atoms with Gasteiger partial charge in [-0.25, -0.2) is 8.78 Å². The van der Waals surface area contributed by atoms with Gasteiger partial charge in [-0.1, -0.05) is 11.6 Å². The quantitative estimate of drug-likeness (QED) is 0.324. The van der Waals surface area contributed by atoms with Crippen LogP contribution in [0.2, 0.25) is 5.02 Å². The van der Waals surface area contributed by atoms with Gasteiger partial charge >= 0.3 is 6.18 Å². The normalized spacial score (nSPS) is 12.0.